The van der Waals surface area contributed by atoms with E-state index in [9.17, 15) is 0 Å². The van der Waals surface area contributed by atoms with E-state index in [2.05, 4.69) is 21.0 Å². The number of fused-ring (bicyclic) bond motifs is 6. The molecule has 0 saturated heterocycles. The Labute approximate surface area is 266 Å². The summed E-state index contributed by atoms with van der Waals surface area (Å²) in [7, 11) is 0. The maximum atomic E-state index is 8.58. The van der Waals surface area contributed by atoms with Crippen LogP contribution in [-0.4, -0.2) is 24.5 Å². The summed E-state index contributed by atoms with van der Waals surface area (Å²) in [6.45, 7) is 0. The molecule has 44 heavy (non-hydrogen) atoms. The Kier molecular flexibility index (Phi) is 3.64. The van der Waals surface area contributed by atoms with Gasteiger partial charge in [0.25, 0.3) is 0 Å². The minimum absolute atomic E-state index is 0.0681. The molecule has 0 saturated carbocycles. The fourth-order valence-electron chi connectivity index (χ4n) is 5.54. The van der Waals surface area contributed by atoms with Gasteiger partial charge in [0.2, 0.25) is 0 Å². The van der Waals surface area contributed by atoms with Crippen LogP contribution in [0, 0.1) is 0 Å². The number of furan rings is 1. The van der Waals surface area contributed by atoms with Gasteiger partial charge in [-0.25, -0.2) is 19.9 Å². The van der Waals surface area contributed by atoms with Crippen LogP contribution in [0.3, 0.4) is 0 Å². The molecule has 0 fully saturated rings. The molecule has 0 spiro atoms. The summed E-state index contributed by atoms with van der Waals surface area (Å²) in [5.74, 6) is -0.201. The Morgan fingerprint density at radius 2 is 1.16 bits per heavy atom. The summed E-state index contributed by atoms with van der Waals surface area (Å²) in [4.78, 5) is 18.2. The van der Waals surface area contributed by atoms with Gasteiger partial charge in [0, 0.05) is 44.4 Å². The average molecular weight is 576 g/mol. The van der Waals surface area contributed by atoms with Crippen molar-refractivity contribution in [2.24, 2.45) is 0 Å². The van der Waals surface area contributed by atoms with E-state index >= 15 is 0 Å². The zero-order chi connectivity index (χ0) is 37.7. The molecule has 6 nitrogen and oxygen atoms in total. The van der Waals surface area contributed by atoms with E-state index in [-0.39, 0.29) is 28.6 Å². The Morgan fingerprint density at radius 3 is 1.84 bits per heavy atom. The molecule has 0 bridgehead atoms. The van der Waals surface area contributed by atoms with Gasteiger partial charge in [-0.2, -0.15) is 0 Å². The van der Waals surface area contributed by atoms with E-state index in [0.717, 1.165) is 43.7 Å². The second-order valence-electron chi connectivity index (χ2n) is 10.0. The van der Waals surface area contributed by atoms with Crippen molar-refractivity contribution in [1.29, 1.82) is 0 Å². The lowest BCUT2D eigenvalue weighted by Crippen LogP contribution is -2.01. The number of para-hydroxylation sites is 2. The van der Waals surface area contributed by atoms with Crippen molar-refractivity contribution in [2.75, 3.05) is 0 Å². The van der Waals surface area contributed by atoms with Gasteiger partial charge in [0.05, 0.1) is 24.7 Å². The maximum Gasteiger partial charge on any atom is 0.165 e. The number of rotatable bonds is 4. The summed E-state index contributed by atoms with van der Waals surface area (Å²) in [5, 5.41) is 3.88. The monoisotopic (exact) mass is 575 g/mol. The van der Waals surface area contributed by atoms with Crippen LogP contribution in [0.15, 0.2) is 144 Å². The lowest BCUT2D eigenvalue weighted by atomic mass is 10.1. The van der Waals surface area contributed by atoms with Gasteiger partial charge >= 0.3 is 0 Å². The zero-order valence-electron chi connectivity index (χ0n) is 32.6. The van der Waals surface area contributed by atoms with E-state index in [4.69, 9.17) is 23.1 Å². The average Bonchev–Trinajstić information content (AvgIpc) is 3.71. The van der Waals surface area contributed by atoms with E-state index in [1.165, 1.54) is 6.20 Å². The molecule has 9 rings (SSSR count). The molecular formula is C38H23N5O. The smallest absolute Gasteiger partial charge is 0.165 e. The Bertz CT molecular complexity index is 2920. The van der Waals surface area contributed by atoms with Crippen LogP contribution in [0.25, 0.3) is 83.7 Å². The number of nitrogens with zero attached hydrogens (tertiary/aromatic N) is 5. The Balaban J connectivity index is 1.26. The third-order valence-electron chi connectivity index (χ3n) is 7.49. The van der Waals surface area contributed by atoms with E-state index in [1.807, 2.05) is 59.2 Å². The highest BCUT2D eigenvalue weighted by atomic mass is 16.3. The second kappa shape index (κ2) is 9.71. The predicted octanol–water partition coefficient (Wildman–Crippen LogP) is 9.26. The van der Waals surface area contributed by atoms with Crippen molar-refractivity contribution in [1.82, 2.24) is 24.5 Å². The fourth-order valence-corrected chi connectivity index (χ4v) is 5.54. The summed E-state index contributed by atoms with van der Waals surface area (Å²) >= 11 is 0. The number of hydrogen-bond donors (Lipinski definition) is 0. The van der Waals surface area contributed by atoms with Gasteiger partial charge in [-0.05, 0) is 36.4 Å². The standard InChI is InChI=1S/C38H23N5O/c1-3-11-24(12-4-1)36-40-37(25-13-5-2-6-14-25)42-38(41-36)26-19-20-35(39-23-26)43-31-17-9-7-15-27(31)29-22-34-30(21-32(29)43)28-16-8-10-18-33(28)44-34/h1-23H/i1D,2D,3D,4D,5D,6D,11D,12D,13D,14D. The van der Waals surface area contributed by atoms with Crippen molar-refractivity contribution in [3.05, 3.63) is 139 Å². The summed E-state index contributed by atoms with van der Waals surface area (Å²) in [6, 6.07) is 17.3. The molecule has 5 aromatic carbocycles. The van der Waals surface area contributed by atoms with Crippen molar-refractivity contribution in [2.45, 2.75) is 0 Å². The topological polar surface area (TPSA) is 69.6 Å². The van der Waals surface area contributed by atoms with Crippen LogP contribution in [-0.2, 0) is 0 Å². The number of benzene rings is 5. The van der Waals surface area contributed by atoms with Crippen LogP contribution in [0.2, 0.25) is 0 Å². The fraction of sp³-hybridized carbons (Fsp3) is 0. The number of pyridine rings is 1. The molecule has 0 aliphatic rings. The first kappa shape index (κ1) is 16.5. The minimum atomic E-state index is -0.616. The molecule has 6 heteroatoms. The van der Waals surface area contributed by atoms with Gasteiger partial charge in [-0.15, -0.1) is 0 Å². The van der Waals surface area contributed by atoms with Crippen molar-refractivity contribution in [3.8, 4) is 40.0 Å². The van der Waals surface area contributed by atoms with Crippen LogP contribution in [0.5, 0.6) is 0 Å². The van der Waals surface area contributed by atoms with E-state index in [1.54, 1.807) is 12.1 Å². The molecule has 0 amide bonds. The highest BCUT2D eigenvalue weighted by Gasteiger charge is 2.18. The van der Waals surface area contributed by atoms with Gasteiger partial charge < -0.3 is 4.42 Å². The van der Waals surface area contributed by atoms with E-state index < -0.39 is 60.4 Å². The first-order valence-electron chi connectivity index (χ1n) is 18.7. The molecular weight excluding hydrogens is 542 g/mol. The largest absolute Gasteiger partial charge is 0.456 e. The van der Waals surface area contributed by atoms with Gasteiger partial charge in [0.15, 0.2) is 17.5 Å². The Hall–Kier alpha value is -6.14. The number of hydrogen-bond acceptors (Lipinski definition) is 5. The number of aromatic nitrogens is 5. The SMILES string of the molecule is [2H]c1c([2H])c([2H])c(-c2nc(-c3ccc(-n4c5ccccc5c5cc6oc7ccccc7c6cc54)nc3)nc(-c3c([2H])c([2H])c([2H])c([2H])c3[2H])n2)c([2H])c1[2H]. The van der Waals surface area contributed by atoms with Crippen LogP contribution in [0.4, 0.5) is 0 Å². The van der Waals surface area contributed by atoms with Crippen LogP contribution >= 0.6 is 0 Å². The summed E-state index contributed by atoms with van der Waals surface area (Å²) in [5.41, 5.74) is 2.97. The van der Waals surface area contributed by atoms with E-state index in [0.29, 0.717) is 11.4 Å². The lowest BCUT2D eigenvalue weighted by molar-refractivity contribution is 0.669. The molecule has 0 aliphatic heterocycles. The van der Waals surface area contributed by atoms with Crippen molar-refractivity contribution in [3.63, 3.8) is 0 Å². The molecule has 0 radical (unpaired) electrons. The molecule has 4 aromatic heterocycles. The minimum Gasteiger partial charge on any atom is -0.456 e. The Morgan fingerprint density at radius 1 is 0.523 bits per heavy atom. The first-order valence-corrected chi connectivity index (χ1v) is 13.7. The molecule has 0 N–H and O–H groups in total. The quantitative estimate of drug-likeness (QED) is 0.209. The third kappa shape index (κ3) is 3.89. The van der Waals surface area contributed by atoms with Gasteiger partial charge in [-0.3, -0.25) is 4.57 Å². The van der Waals surface area contributed by atoms with Crippen molar-refractivity contribution < 1.29 is 18.1 Å². The molecule has 4 heterocycles. The first-order chi connectivity index (χ1) is 25.9. The second-order valence-corrected chi connectivity index (χ2v) is 10.0. The molecule has 0 atom stereocenters. The molecule has 206 valence electrons. The van der Waals surface area contributed by atoms with Crippen LogP contribution in [0.1, 0.15) is 13.7 Å². The highest BCUT2D eigenvalue weighted by molar-refractivity contribution is 6.17. The van der Waals surface area contributed by atoms with Crippen molar-refractivity contribution >= 4 is 43.7 Å². The zero-order valence-corrected chi connectivity index (χ0v) is 22.6. The highest BCUT2D eigenvalue weighted by Crippen LogP contribution is 2.38. The molecule has 0 aliphatic carbocycles. The van der Waals surface area contributed by atoms with Gasteiger partial charge in [0.1, 0.15) is 17.0 Å². The lowest BCUT2D eigenvalue weighted by Gasteiger charge is -2.10. The summed E-state index contributed by atoms with van der Waals surface area (Å²) in [6.07, 6.45) is 1.51. The molecule has 9 aromatic rings. The predicted molar refractivity (Wildman–Crippen MR) is 176 cm³/mol. The van der Waals surface area contributed by atoms with Crippen LogP contribution < -0.4 is 0 Å². The van der Waals surface area contributed by atoms with Gasteiger partial charge in [-0.1, -0.05) is 96.8 Å². The maximum absolute atomic E-state index is 8.58. The molecule has 0 unspecified atom stereocenters. The third-order valence-corrected chi connectivity index (χ3v) is 7.49. The normalized spacial score (nSPS) is 14.8. The summed E-state index contributed by atoms with van der Waals surface area (Å²) < 4.78 is 91.5.